The standard InChI is InChI=1S/C29H22ClIN2O3S/c1-2-35-25-15-18(14-23(31)27(25)36-17-20-9-4-6-12-22(20)30)16-26-28(34)33-29(37-26)32-24-13-7-10-19-8-3-5-11-21(19)24/h3-16H,2,17H2,1H3,(H,32,33,34)/b26-16-. The van der Waals surface area contributed by atoms with Crippen molar-refractivity contribution < 1.29 is 14.3 Å². The minimum Gasteiger partial charge on any atom is -0.490 e. The Kier molecular flexibility index (Phi) is 8.02. The summed E-state index contributed by atoms with van der Waals surface area (Å²) in [6.07, 6.45) is 1.84. The van der Waals surface area contributed by atoms with Crippen LogP contribution in [0.25, 0.3) is 16.8 Å². The van der Waals surface area contributed by atoms with Gasteiger partial charge < -0.3 is 14.8 Å². The number of nitrogens with one attached hydrogen (secondary N) is 1. The topological polar surface area (TPSA) is 59.9 Å². The fourth-order valence-electron chi connectivity index (χ4n) is 3.89. The number of amides is 1. The maximum absolute atomic E-state index is 12.7. The first-order chi connectivity index (χ1) is 18.0. The predicted molar refractivity (Wildman–Crippen MR) is 161 cm³/mol. The molecular formula is C29H22ClIN2O3S. The molecule has 1 N–H and O–H groups in total. The van der Waals surface area contributed by atoms with Crippen LogP contribution in [0.1, 0.15) is 18.1 Å². The van der Waals surface area contributed by atoms with E-state index in [0.29, 0.717) is 39.8 Å². The Balaban J connectivity index is 1.40. The van der Waals surface area contributed by atoms with E-state index < -0.39 is 0 Å². The van der Waals surface area contributed by atoms with Gasteiger partial charge in [-0.05, 0) is 82.6 Å². The van der Waals surface area contributed by atoms with E-state index in [1.54, 1.807) is 0 Å². The first-order valence-corrected chi connectivity index (χ1v) is 13.9. The highest BCUT2D eigenvalue weighted by atomic mass is 127. The number of hydrogen-bond donors (Lipinski definition) is 1. The lowest BCUT2D eigenvalue weighted by Gasteiger charge is -2.15. The second-order valence-corrected chi connectivity index (χ2v) is 10.7. The second kappa shape index (κ2) is 11.6. The highest BCUT2D eigenvalue weighted by Gasteiger charge is 2.24. The number of ether oxygens (including phenoxy) is 2. The van der Waals surface area contributed by atoms with Gasteiger partial charge in [-0.2, -0.15) is 0 Å². The third-order valence-corrected chi connectivity index (χ3v) is 7.68. The summed E-state index contributed by atoms with van der Waals surface area (Å²) in [5.74, 6) is 1.07. The van der Waals surface area contributed by atoms with Crippen molar-refractivity contribution in [3.05, 3.63) is 103 Å². The van der Waals surface area contributed by atoms with E-state index in [0.717, 1.165) is 31.2 Å². The first-order valence-electron chi connectivity index (χ1n) is 11.6. The van der Waals surface area contributed by atoms with Gasteiger partial charge in [0.15, 0.2) is 16.7 Å². The Morgan fingerprint density at radius 1 is 1.03 bits per heavy atom. The summed E-state index contributed by atoms with van der Waals surface area (Å²) in [6, 6.07) is 25.4. The number of halogens is 2. The molecule has 1 amide bonds. The van der Waals surface area contributed by atoms with Crippen molar-refractivity contribution in [2.45, 2.75) is 13.5 Å². The molecule has 0 aliphatic carbocycles. The molecule has 0 unspecified atom stereocenters. The van der Waals surface area contributed by atoms with Gasteiger partial charge >= 0.3 is 0 Å². The van der Waals surface area contributed by atoms with E-state index in [4.69, 9.17) is 26.1 Å². The lowest BCUT2D eigenvalue weighted by molar-refractivity contribution is -0.115. The van der Waals surface area contributed by atoms with Crippen LogP contribution in [-0.2, 0) is 11.4 Å². The van der Waals surface area contributed by atoms with Crippen LogP contribution in [0.3, 0.4) is 0 Å². The number of carbonyl (C=O) groups is 1. The molecule has 186 valence electrons. The SMILES string of the molecule is CCOc1cc(/C=C2\SC(=Nc3cccc4ccccc34)NC2=O)cc(I)c1OCc1ccccc1Cl. The van der Waals surface area contributed by atoms with Crippen LogP contribution in [0, 0.1) is 3.57 Å². The number of carbonyl (C=O) groups excluding carboxylic acids is 1. The highest BCUT2D eigenvalue weighted by Crippen LogP contribution is 2.37. The van der Waals surface area contributed by atoms with E-state index in [1.807, 2.05) is 91.9 Å². The normalized spacial score (nSPS) is 15.4. The Bertz CT molecular complexity index is 1550. The average Bonchev–Trinajstić information content (AvgIpc) is 3.23. The van der Waals surface area contributed by atoms with Crippen LogP contribution in [-0.4, -0.2) is 17.7 Å². The zero-order valence-electron chi connectivity index (χ0n) is 19.8. The zero-order chi connectivity index (χ0) is 25.8. The molecule has 8 heteroatoms. The molecule has 0 spiro atoms. The molecule has 1 saturated heterocycles. The molecule has 1 aliphatic heterocycles. The number of fused-ring (bicyclic) bond motifs is 1. The molecule has 5 nitrogen and oxygen atoms in total. The largest absolute Gasteiger partial charge is 0.490 e. The van der Waals surface area contributed by atoms with Gasteiger partial charge in [-0.1, -0.05) is 66.2 Å². The summed E-state index contributed by atoms with van der Waals surface area (Å²) in [5.41, 5.74) is 2.54. The number of nitrogens with zero attached hydrogens (tertiary/aromatic N) is 1. The predicted octanol–water partition coefficient (Wildman–Crippen LogP) is 7.97. The third kappa shape index (κ3) is 5.95. The maximum Gasteiger partial charge on any atom is 0.264 e. The summed E-state index contributed by atoms with van der Waals surface area (Å²) in [4.78, 5) is 18.0. The van der Waals surface area contributed by atoms with Crippen molar-refractivity contribution >= 4 is 79.6 Å². The third-order valence-electron chi connectivity index (χ3n) is 5.60. The smallest absolute Gasteiger partial charge is 0.264 e. The zero-order valence-corrected chi connectivity index (χ0v) is 23.6. The molecule has 5 rings (SSSR count). The molecule has 1 heterocycles. The van der Waals surface area contributed by atoms with Gasteiger partial charge in [-0.15, -0.1) is 0 Å². The van der Waals surface area contributed by atoms with E-state index in [-0.39, 0.29) is 5.91 Å². The maximum atomic E-state index is 12.7. The summed E-state index contributed by atoms with van der Waals surface area (Å²) in [6.45, 7) is 2.73. The van der Waals surface area contributed by atoms with Gasteiger partial charge in [0, 0.05) is 16.0 Å². The molecule has 4 aromatic carbocycles. The van der Waals surface area contributed by atoms with E-state index in [1.165, 1.54) is 11.8 Å². The quantitative estimate of drug-likeness (QED) is 0.164. The number of thioether (sulfide) groups is 1. The van der Waals surface area contributed by atoms with Gasteiger partial charge in [-0.3, -0.25) is 4.79 Å². The monoisotopic (exact) mass is 640 g/mol. The van der Waals surface area contributed by atoms with Gasteiger partial charge in [-0.25, -0.2) is 4.99 Å². The average molecular weight is 641 g/mol. The van der Waals surface area contributed by atoms with Crippen LogP contribution < -0.4 is 14.8 Å². The van der Waals surface area contributed by atoms with Gasteiger partial charge in [0.25, 0.3) is 5.91 Å². The molecule has 0 saturated carbocycles. The van der Waals surface area contributed by atoms with E-state index in [9.17, 15) is 4.79 Å². The van der Waals surface area contributed by atoms with Gasteiger partial charge in [0.05, 0.1) is 20.8 Å². The Morgan fingerprint density at radius 2 is 1.81 bits per heavy atom. The molecule has 1 aliphatic rings. The van der Waals surface area contributed by atoms with Crippen LogP contribution in [0.5, 0.6) is 11.5 Å². The molecule has 0 aromatic heterocycles. The number of amidine groups is 1. The molecule has 0 atom stereocenters. The minimum absolute atomic E-state index is 0.184. The van der Waals surface area contributed by atoms with Crippen molar-refractivity contribution in [1.29, 1.82) is 0 Å². The summed E-state index contributed by atoms with van der Waals surface area (Å²) in [5, 5.41) is 6.22. The Morgan fingerprint density at radius 3 is 2.65 bits per heavy atom. The van der Waals surface area contributed by atoms with Gasteiger partial charge in [0.1, 0.15) is 6.61 Å². The van der Waals surface area contributed by atoms with Crippen molar-refractivity contribution in [2.24, 2.45) is 4.99 Å². The summed E-state index contributed by atoms with van der Waals surface area (Å²) in [7, 11) is 0. The summed E-state index contributed by atoms with van der Waals surface area (Å²) < 4.78 is 12.9. The number of hydrogen-bond acceptors (Lipinski definition) is 5. The number of aliphatic imine (C=N–C) groups is 1. The van der Waals surface area contributed by atoms with Crippen LogP contribution >= 0.6 is 46.0 Å². The molecule has 0 bridgehead atoms. The minimum atomic E-state index is -0.184. The lowest BCUT2D eigenvalue weighted by Crippen LogP contribution is -2.19. The van der Waals surface area contributed by atoms with E-state index >= 15 is 0 Å². The molecular weight excluding hydrogens is 619 g/mol. The molecule has 0 radical (unpaired) electrons. The van der Waals surface area contributed by atoms with Crippen LogP contribution in [0.4, 0.5) is 5.69 Å². The fourth-order valence-corrected chi connectivity index (χ4v) is 5.69. The van der Waals surface area contributed by atoms with Crippen LogP contribution in [0.2, 0.25) is 5.02 Å². The fraction of sp³-hybridized carbons (Fsp3) is 0.103. The molecule has 4 aromatic rings. The Hall–Kier alpha value is -3.01. The van der Waals surface area contributed by atoms with Crippen molar-refractivity contribution in [2.75, 3.05) is 6.61 Å². The van der Waals surface area contributed by atoms with Crippen molar-refractivity contribution in [1.82, 2.24) is 5.32 Å². The number of benzene rings is 4. The number of rotatable bonds is 7. The lowest BCUT2D eigenvalue weighted by atomic mass is 10.1. The van der Waals surface area contributed by atoms with Crippen molar-refractivity contribution in [3.8, 4) is 11.5 Å². The summed E-state index contributed by atoms with van der Waals surface area (Å²) >= 11 is 9.83. The second-order valence-electron chi connectivity index (χ2n) is 8.12. The first kappa shape index (κ1) is 25.6. The van der Waals surface area contributed by atoms with E-state index in [2.05, 4.69) is 27.9 Å². The van der Waals surface area contributed by atoms with Crippen molar-refractivity contribution in [3.63, 3.8) is 0 Å². The highest BCUT2D eigenvalue weighted by molar-refractivity contribution is 14.1. The van der Waals surface area contributed by atoms with Gasteiger partial charge in [0.2, 0.25) is 0 Å². The molecule has 37 heavy (non-hydrogen) atoms. The molecule has 1 fully saturated rings. The van der Waals surface area contributed by atoms with Crippen LogP contribution in [0.15, 0.2) is 88.8 Å². The Labute approximate surface area is 238 Å².